The van der Waals surface area contributed by atoms with Crippen LogP contribution in [0.25, 0.3) is 0 Å². The molecule has 0 radical (unpaired) electrons. The van der Waals surface area contributed by atoms with Crippen molar-refractivity contribution in [2.75, 3.05) is 31.1 Å². The van der Waals surface area contributed by atoms with Crippen molar-refractivity contribution in [3.63, 3.8) is 0 Å². The van der Waals surface area contributed by atoms with Crippen molar-refractivity contribution >= 4 is 11.7 Å². The molecule has 0 unspecified atom stereocenters. The lowest BCUT2D eigenvalue weighted by Crippen LogP contribution is -3.19. The van der Waals surface area contributed by atoms with E-state index in [-0.39, 0.29) is 17.9 Å². The monoisotopic (exact) mass is 331 g/mol. The van der Waals surface area contributed by atoms with Gasteiger partial charge in [-0.25, -0.2) is 4.98 Å². The van der Waals surface area contributed by atoms with Crippen LogP contribution in [-0.4, -0.2) is 43.7 Å². The molecule has 0 spiro atoms. The zero-order valence-electron chi connectivity index (χ0n) is 15.1. The van der Waals surface area contributed by atoms with Crippen molar-refractivity contribution in [1.82, 2.24) is 5.32 Å². The normalized spacial score (nSPS) is 19.4. The maximum Gasteiger partial charge on any atom is 0.279 e. The molecule has 1 aliphatic rings. The highest BCUT2D eigenvalue weighted by Gasteiger charge is 2.37. The predicted molar refractivity (Wildman–Crippen MR) is 92.4 cm³/mol. The van der Waals surface area contributed by atoms with Gasteiger partial charge in [0.2, 0.25) is 0 Å². The Morgan fingerprint density at radius 2 is 2.04 bits per heavy atom. The number of aromatic amines is 1. The molecule has 1 aliphatic heterocycles. The zero-order chi connectivity index (χ0) is 17.7. The summed E-state index contributed by atoms with van der Waals surface area (Å²) >= 11 is 0. The fraction of sp³-hybridized carbons (Fsp3) is 0.611. The van der Waals surface area contributed by atoms with Gasteiger partial charge in [-0.05, 0) is 25.8 Å². The van der Waals surface area contributed by atoms with Crippen LogP contribution in [0.3, 0.4) is 0 Å². The topological polar surface area (TPSA) is 74.7 Å². The van der Waals surface area contributed by atoms with Gasteiger partial charge in [0, 0.05) is 6.07 Å². The Balaban J connectivity index is 1.92. The van der Waals surface area contributed by atoms with Gasteiger partial charge in [0.1, 0.15) is 31.7 Å². The molecular formula is C18H29N5O+2. The number of quaternary nitrogens is 1. The lowest BCUT2D eigenvalue weighted by atomic mass is 9.89. The van der Waals surface area contributed by atoms with Crippen molar-refractivity contribution in [3.8, 4) is 6.07 Å². The Morgan fingerprint density at radius 1 is 1.38 bits per heavy atom. The quantitative estimate of drug-likeness (QED) is 0.774. The highest BCUT2D eigenvalue weighted by Crippen LogP contribution is 2.15. The van der Waals surface area contributed by atoms with Gasteiger partial charge in [-0.3, -0.25) is 9.69 Å². The highest BCUT2D eigenvalue weighted by atomic mass is 16.2. The minimum absolute atomic E-state index is 0.0394. The van der Waals surface area contributed by atoms with Gasteiger partial charge in [0.05, 0.1) is 12.3 Å². The van der Waals surface area contributed by atoms with Gasteiger partial charge < -0.3 is 10.2 Å². The minimum atomic E-state index is -0.814. The summed E-state index contributed by atoms with van der Waals surface area (Å²) in [5.74, 6) is 1.15. The zero-order valence-corrected chi connectivity index (χ0v) is 15.1. The maximum atomic E-state index is 12.6. The van der Waals surface area contributed by atoms with Crippen LogP contribution in [0.4, 0.5) is 5.82 Å². The molecule has 2 rings (SSSR count). The number of anilines is 1. The van der Waals surface area contributed by atoms with Crippen molar-refractivity contribution in [1.29, 1.82) is 5.26 Å². The fourth-order valence-electron chi connectivity index (χ4n) is 2.90. The second-order valence-electron chi connectivity index (χ2n) is 7.07. The summed E-state index contributed by atoms with van der Waals surface area (Å²) in [5, 5.41) is 12.3. The number of nitrogens with one attached hydrogen (secondary N) is 3. The molecule has 1 amide bonds. The first-order valence-corrected chi connectivity index (χ1v) is 8.67. The van der Waals surface area contributed by atoms with Gasteiger partial charge in [-0.2, -0.15) is 5.26 Å². The van der Waals surface area contributed by atoms with Crippen LogP contribution in [0.5, 0.6) is 0 Å². The molecule has 24 heavy (non-hydrogen) atoms. The molecule has 130 valence electrons. The number of pyridine rings is 1. The molecule has 3 N–H and O–H groups in total. The Morgan fingerprint density at radius 3 is 2.54 bits per heavy atom. The van der Waals surface area contributed by atoms with Crippen LogP contribution in [0.15, 0.2) is 24.4 Å². The lowest BCUT2D eigenvalue weighted by Gasteiger charge is -2.34. The van der Waals surface area contributed by atoms with Crippen molar-refractivity contribution in [3.05, 3.63) is 24.4 Å². The van der Waals surface area contributed by atoms with Crippen LogP contribution in [0, 0.1) is 17.2 Å². The average molecular weight is 331 g/mol. The SMILES string of the molecule is CC(C)[C@](C)(C#N)NC(=O)[C@H](C)[NH+]1CCN(c2cccc[nH+]2)CC1. The van der Waals surface area contributed by atoms with Gasteiger partial charge in [0.15, 0.2) is 6.04 Å². The van der Waals surface area contributed by atoms with Crippen LogP contribution >= 0.6 is 0 Å². The van der Waals surface area contributed by atoms with Crippen molar-refractivity contribution < 1.29 is 14.7 Å². The summed E-state index contributed by atoms with van der Waals surface area (Å²) in [6, 6.07) is 8.15. The molecule has 0 aliphatic carbocycles. The van der Waals surface area contributed by atoms with Gasteiger partial charge in [0.25, 0.3) is 11.7 Å². The molecule has 2 atom stereocenters. The number of carbonyl (C=O) groups excluding carboxylic acids is 1. The van der Waals surface area contributed by atoms with Crippen LogP contribution in [0.1, 0.15) is 27.7 Å². The number of nitriles is 1. The average Bonchev–Trinajstić information content (AvgIpc) is 2.61. The Bertz CT molecular complexity index is 589. The van der Waals surface area contributed by atoms with Crippen LogP contribution in [0.2, 0.25) is 0 Å². The molecule has 2 heterocycles. The van der Waals surface area contributed by atoms with E-state index in [1.807, 2.05) is 39.1 Å². The number of nitrogens with zero attached hydrogens (tertiary/aromatic N) is 2. The molecule has 0 saturated carbocycles. The predicted octanol–water partition coefficient (Wildman–Crippen LogP) is -0.351. The Hall–Kier alpha value is -2.13. The Labute approximate surface area is 144 Å². The van der Waals surface area contributed by atoms with Crippen molar-refractivity contribution in [2.45, 2.75) is 39.3 Å². The summed E-state index contributed by atoms with van der Waals surface area (Å²) in [6.07, 6.45) is 1.93. The number of hydrogen-bond acceptors (Lipinski definition) is 3. The molecular weight excluding hydrogens is 302 g/mol. The second kappa shape index (κ2) is 7.63. The molecule has 1 aromatic rings. The third kappa shape index (κ3) is 4.04. The van der Waals surface area contributed by atoms with E-state index in [0.717, 1.165) is 32.0 Å². The number of carbonyl (C=O) groups is 1. The molecule has 1 aromatic heterocycles. The van der Waals surface area contributed by atoms with E-state index in [1.165, 1.54) is 4.90 Å². The third-order valence-electron chi connectivity index (χ3n) is 5.21. The fourth-order valence-corrected chi connectivity index (χ4v) is 2.90. The lowest BCUT2D eigenvalue weighted by molar-refractivity contribution is -0.914. The molecule has 1 fully saturated rings. The summed E-state index contributed by atoms with van der Waals surface area (Å²) in [4.78, 5) is 19.4. The standard InChI is InChI=1S/C18H27N5O/c1-14(2)18(4,13-19)21-17(24)15(3)22-9-11-23(12-10-22)16-7-5-6-8-20-16/h5-8,14-15H,9-12H2,1-4H3,(H,21,24)/p+2/t15-,18-/m0/s1. The molecule has 6 nitrogen and oxygen atoms in total. The van der Waals surface area contributed by atoms with Crippen molar-refractivity contribution in [2.24, 2.45) is 5.92 Å². The summed E-state index contributed by atoms with van der Waals surface area (Å²) in [5.41, 5.74) is -0.814. The summed E-state index contributed by atoms with van der Waals surface area (Å²) in [7, 11) is 0. The Kier molecular flexibility index (Phi) is 5.79. The van der Waals surface area contributed by atoms with E-state index >= 15 is 0 Å². The van der Waals surface area contributed by atoms with E-state index in [9.17, 15) is 10.1 Å². The van der Waals surface area contributed by atoms with Crippen LogP contribution < -0.4 is 20.1 Å². The van der Waals surface area contributed by atoms with E-state index in [1.54, 1.807) is 6.92 Å². The van der Waals surface area contributed by atoms with Gasteiger partial charge in [-0.1, -0.05) is 19.9 Å². The number of piperazine rings is 1. The first-order chi connectivity index (χ1) is 11.4. The third-order valence-corrected chi connectivity index (χ3v) is 5.21. The molecule has 0 aromatic carbocycles. The maximum absolute atomic E-state index is 12.6. The largest absolute Gasteiger partial charge is 0.333 e. The van der Waals surface area contributed by atoms with Gasteiger partial charge >= 0.3 is 0 Å². The summed E-state index contributed by atoms with van der Waals surface area (Å²) in [6.45, 7) is 11.3. The number of rotatable bonds is 5. The number of amides is 1. The van der Waals surface area contributed by atoms with E-state index in [2.05, 4.69) is 27.3 Å². The second-order valence-corrected chi connectivity index (χ2v) is 7.07. The smallest absolute Gasteiger partial charge is 0.279 e. The molecule has 0 bridgehead atoms. The number of hydrogen-bond donors (Lipinski definition) is 2. The highest BCUT2D eigenvalue weighted by molar-refractivity contribution is 5.81. The summed E-state index contributed by atoms with van der Waals surface area (Å²) < 4.78 is 0. The van der Waals surface area contributed by atoms with Gasteiger partial charge in [-0.15, -0.1) is 0 Å². The van der Waals surface area contributed by atoms with E-state index in [4.69, 9.17) is 0 Å². The van der Waals surface area contributed by atoms with E-state index < -0.39 is 5.54 Å². The first-order valence-electron chi connectivity index (χ1n) is 8.67. The number of aromatic nitrogens is 1. The number of H-pyrrole nitrogens is 1. The first kappa shape index (κ1) is 18.2. The minimum Gasteiger partial charge on any atom is -0.333 e. The van der Waals surface area contributed by atoms with E-state index in [0.29, 0.717) is 0 Å². The molecule has 1 saturated heterocycles. The molecule has 6 heteroatoms. The van der Waals surface area contributed by atoms with Crippen LogP contribution in [-0.2, 0) is 4.79 Å².